The van der Waals surface area contributed by atoms with Crippen molar-refractivity contribution < 1.29 is 9.59 Å². The van der Waals surface area contributed by atoms with Crippen LogP contribution < -0.4 is 16.0 Å². The van der Waals surface area contributed by atoms with Gasteiger partial charge in [-0.2, -0.15) is 0 Å². The normalized spacial score (nSPS) is 19.0. The maximum atomic E-state index is 12.8. The van der Waals surface area contributed by atoms with Gasteiger partial charge in [0.05, 0.1) is 11.7 Å². The highest BCUT2D eigenvalue weighted by Gasteiger charge is 2.29. The fourth-order valence-electron chi connectivity index (χ4n) is 4.05. The molecule has 10 heteroatoms. The summed E-state index contributed by atoms with van der Waals surface area (Å²) in [6, 6.07) is 14.5. The molecule has 0 radical (unpaired) electrons. The van der Waals surface area contributed by atoms with Crippen molar-refractivity contribution >= 4 is 23.4 Å². The van der Waals surface area contributed by atoms with Gasteiger partial charge in [0.1, 0.15) is 12.4 Å². The molecule has 172 valence electrons. The van der Waals surface area contributed by atoms with Crippen molar-refractivity contribution in [1.82, 2.24) is 36.2 Å². The van der Waals surface area contributed by atoms with Crippen molar-refractivity contribution in [2.45, 2.75) is 44.3 Å². The van der Waals surface area contributed by atoms with Gasteiger partial charge in [-0.15, -0.1) is 5.10 Å². The van der Waals surface area contributed by atoms with Gasteiger partial charge in [0, 0.05) is 11.6 Å². The van der Waals surface area contributed by atoms with Crippen LogP contribution in [0.4, 0.5) is 0 Å². The van der Waals surface area contributed by atoms with E-state index in [-0.39, 0.29) is 24.4 Å². The molecule has 0 bridgehead atoms. The van der Waals surface area contributed by atoms with Crippen LogP contribution in [0.5, 0.6) is 0 Å². The van der Waals surface area contributed by atoms with Gasteiger partial charge in [0.2, 0.25) is 11.8 Å². The Morgan fingerprint density at radius 2 is 2.06 bits per heavy atom. The second kappa shape index (κ2) is 10.5. The number of carbonyl (C=O) groups is 2. The summed E-state index contributed by atoms with van der Waals surface area (Å²) >= 11 is 6.13. The first-order valence-electron chi connectivity index (χ1n) is 10.9. The summed E-state index contributed by atoms with van der Waals surface area (Å²) in [5.41, 5.74) is 2.70. The SMILES string of the molecule is C[C@H](NC(=O)[C@H]1C[C@@H](c2ccccc2)CCN1)C(=O)NCc1cc(Cl)ccc1-n1cnnn1. The van der Waals surface area contributed by atoms with E-state index in [0.29, 0.717) is 23.0 Å². The lowest BCUT2D eigenvalue weighted by molar-refractivity contribution is -0.130. The summed E-state index contributed by atoms with van der Waals surface area (Å²) in [6.07, 6.45) is 3.15. The van der Waals surface area contributed by atoms with E-state index in [0.717, 1.165) is 18.5 Å². The summed E-state index contributed by atoms with van der Waals surface area (Å²) in [4.78, 5) is 25.5. The van der Waals surface area contributed by atoms with Crippen molar-refractivity contribution in [2.24, 2.45) is 0 Å². The van der Waals surface area contributed by atoms with Gasteiger partial charge in [0.15, 0.2) is 0 Å². The van der Waals surface area contributed by atoms with Crippen molar-refractivity contribution in [2.75, 3.05) is 6.54 Å². The Bertz CT molecular complexity index is 1090. The van der Waals surface area contributed by atoms with Crippen molar-refractivity contribution in [3.63, 3.8) is 0 Å². The highest BCUT2D eigenvalue weighted by Crippen LogP contribution is 2.27. The Morgan fingerprint density at radius 1 is 1.24 bits per heavy atom. The number of amides is 2. The van der Waals surface area contributed by atoms with Gasteiger partial charge in [0.25, 0.3) is 0 Å². The van der Waals surface area contributed by atoms with Crippen LogP contribution in [0.1, 0.15) is 36.8 Å². The molecule has 3 N–H and O–H groups in total. The molecule has 0 aliphatic carbocycles. The van der Waals surface area contributed by atoms with E-state index in [9.17, 15) is 9.59 Å². The molecule has 1 fully saturated rings. The smallest absolute Gasteiger partial charge is 0.242 e. The molecule has 2 amide bonds. The number of hydrogen-bond acceptors (Lipinski definition) is 6. The van der Waals surface area contributed by atoms with E-state index in [2.05, 4.69) is 43.6 Å². The predicted molar refractivity (Wildman–Crippen MR) is 124 cm³/mol. The van der Waals surface area contributed by atoms with Crippen LogP contribution in [0.15, 0.2) is 54.9 Å². The molecule has 1 aromatic heterocycles. The first-order chi connectivity index (χ1) is 16.0. The number of halogens is 1. The third kappa shape index (κ3) is 5.74. The van der Waals surface area contributed by atoms with Gasteiger partial charge >= 0.3 is 0 Å². The van der Waals surface area contributed by atoms with E-state index in [1.807, 2.05) is 18.2 Å². The van der Waals surface area contributed by atoms with Gasteiger partial charge in [-0.1, -0.05) is 41.9 Å². The molecule has 2 heterocycles. The van der Waals surface area contributed by atoms with E-state index < -0.39 is 6.04 Å². The molecule has 4 rings (SSSR count). The van der Waals surface area contributed by atoms with Crippen molar-refractivity contribution in [3.05, 3.63) is 71.0 Å². The number of tetrazole rings is 1. The molecule has 9 nitrogen and oxygen atoms in total. The number of rotatable bonds is 7. The van der Waals surface area contributed by atoms with Gasteiger partial charge in [-0.25, -0.2) is 4.68 Å². The minimum absolute atomic E-state index is 0.171. The molecule has 0 spiro atoms. The lowest BCUT2D eigenvalue weighted by Gasteiger charge is -2.30. The van der Waals surface area contributed by atoms with Gasteiger partial charge < -0.3 is 16.0 Å². The standard InChI is InChI=1S/C23H26ClN7O2/c1-15(28-23(33)20-12-17(9-10-25-20)16-5-3-2-4-6-16)22(32)26-13-18-11-19(24)7-8-21(18)31-14-27-29-30-31/h2-8,11,14-15,17,20,25H,9-10,12-13H2,1H3,(H,26,32)(H,28,33)/t15-,17-,20+/m0/s1. The minimum atomic E-state index is -0.688. The molecule has 0 saturated carbocycles. The topological polar surface area (TPSA) is 114 Å². The van der Waals surface area contributed by atoms with E-state index in [1.165, 1.54) is 16.6 Å². The molecule has 2 aromatic carbocycles. The van der Waals surface area contributed by atoms with Crippen molar-refractivity contribution in [1.29, 1.82) is 0 Å². The summed E-state index contributed by atoms with van der Waals surface area (Å²) in [5, 5.41) is 20.7. The third-order valence-electron chi connectivity index (χ3n) is 5.83. The fourth-order valence-corrected chi connectivity index (χ4v) is 4.25. The largest absolute Gasteiger partial charge is 0.350 e. The van der Waals surface area contributed by atoms with Gasteiger partial charge in [-0.05, 0) is 72.0 Å². The molecule has 1 aliphatic heterocycles. The third-order valence-corrected chi connectivity index (χ3v) is 6.07. The van der Waals surface area contributed by atoms with Crippen LogP contribution in [0.2, 0.25) is 5.02 Å². The second-order valence-electron chi connectivity index (χ2n) is 8.11. The number of nitrogens with one attached hydrogen (secondary N) is 3. The first-order valence-corrected chi connectivity index (χ1v) is 11.3. The number of piperidine rings is 1. The maximum Gasteiger partial charge on any atom is 0.242 e. The fraction of sp³-hybridized carbons (Fsp3) is 0.348. The molecular weight excluding hydrogens is 442 g/mol. The average molecular weight is 468 g/mol. The van der Waals surface area contributed by atoms with E-state index >= 15 is 0 Å². The predicted octanol–water partition coefficient (Wildman–Crippen LogP) is 1.97. The van der Waals surface area contributed by atoms with Crippen LogP contribution in [0.25, 0.3) is 5.69 Å². The summed E-state index contributed by atoms with van der Waals surface area (Å²) in [7, 11) is 0. The molecule has 1 saturated heterocycles. The minimum Gasteiger partial charge on any atom is -0.350 e. The van der Waals surface area contributed by atoms with Crippen LogP contribution in [-0.4, -0.2) is 50.7 Å². The number of benzene rings is 2. The molecule has 1 aliphatic rings. The van der Waals surface area contributed by atoms with E-state index in [4.69, 9.17) is 11.6 Å². The Morgan fingerprint density at radius 3 is 2.82 bits per heavy atom. The summed E-state index contributed by atoms with van der Waals surface area (Å²) in [6.45, 7) is 2.64. The van der Waals surface area contributed by atoms with Crippen LogP contribution in [0, 0.1) is 0 Å². The zero-order chi connectivity index (χ0) is 23.2. The lowest BCUT2D eigenvalue weighted by Crippen LogP contribution is -2.53. The average Bonchev–Trinajstić information content (AvgIpc) is 3.38. The Kier molecular flexibility index (Phi) is 7.31. The Labute approximate surface area is 196 Å². The zero-order valence-electron chi connectivity index (χ0n) is 18.2. The molecule has 0 unspecified atom stereocenters. The monoisotopic (exact) mass is 467 g/mol. The Balaban J connectivity index is 1.33. The highest BCUT2D eigenvalue weighted by atomic mass is 35.5. The van der Waals surface area contributed by atoms with Crippen LogP contribution in [-0.2, 0) is 16.1 Å². The summed E-state index contributed by atoms with van der Waals surface area (Å²) in [5.74, 6) is -0.142. The second-order valence-corrected chi connectivity index (χ2v) is 8.55. The highest BCUT2D eigenvalue weighted by molar-refractivity contribution is 6.30. The zero-order valence-corrected chi connectivity index (χ0v) is 19.0. The van der Waals surface area contributed by atoms with E-state index in [1.54, 1.807) is 25.1 Å². The Hall–Kier alpha value is -3.30. The first kappa shape index (κ1) is 22.9. The van der Waals surface area contributed by atoms with Crippen molar-refractivity contribution in [3.8, 4) is 5.69 Å². The molecule has 3 atom stereocenters. The number of carbonyl (C=O) groups excluding carboxylic acids is 2. The molecule has 3 aromatic rings. The number of nitrogens with zero attached hydrogens (tertiary/aromatic N) is 4. The lowest BCUT2D eigenvalue weighted by atomic mass is 9.86. The maximum absolute atomic E-state index is 12.8. The summed E-state index contributed by atoms with van der Waals surface area (Å²) < 4.78 is 1.50. The van der Waals surface area contributed by atoms with Crippen LogP contribution >= 0.6 is 11.6 Å². The molecule has 33 heavy (non-hydrogen) atoms. The van der Waals surface area contributed by atoms with Gasteiger partial charge in [-0.3, -0.25) is 9.59 Å². The number of hydrogen-bond donors (Lipinski definition) is 3. The number of aromatic nitrogens is 4. The quantitative estimate of drug-likeness (QED) is 0.489. The molecular formula is C23H26ClN7O2. The van der Waals surface area contributed by atoms with Crippen LogP contribution in [0.3, 0.4) is 0 Å².